The predicted octanol–water partition coefficient (Wildman–Crippen LogP) is 0.752. The minimum atomic E-state index is -3.64. The first-order valence-corrected chi connectivity index (χ1v) is 6.60. The van der Waals surface area contributed by atoms with E-state index in [1.165, 1.54) is 18.5 Å². The molecule has 0 amide bonds. The van der Waals surface area contributed by atoms with E-state index >= 15 is 0 Å². The summed E-state index contributed by atoms with van der Waals surface area (Å²) >= 11 is 0. The highest BCUT2D eigenvalue weighted by Gasteiger charge is 2.64. The van der Waals surface area contributed by atoms with E-state index in [1.54, 1.807) is 20.8 Å². The van der Waals surface area contributed by atoms with Crippen LogP contribution in [0, 0.1) is 0 Å². The molecular formula is C10H19NO4S. The van der Waals surface area contributed by atoms with E-state index in [1.807, 2.05) is 0 Å². The lowest BCUT2D eigenvalue weighted by Crippen LogP contribution is -2.50. The molecule has 1 aliphatic rings. The molecule has 1 rings (SSSR count). The third-order valence-electron chi connectivity index (χ3n) is 3.06. The van der Waals surface area contributed by atoms with E-state index < -0.39 is 26.3 Å². The fourth-order valence-electron chi connectivity index (χ4n) is 1.49. The number of methoxy groups -OCH3 is 1. The lowest BCUT2D eigenvalue weighted by Gasteiger charge is -2.33. The number of nitrogens with zero attached hydrogens (tertiary/aromatic N) is 1. The normalized spacial score (nSPS) is 19.6. The maximum absolute atomic E-state index is 12.3. The van der Waals surface area contributed by atoms with Gasteiger partial charge in [0.2, 0.25) is 10.0 Å². The zero-order valence-corrected chi connectivity index (χ0v) is 11.2. The van der Waals surface area contributed by atoms with Gasteiger partial charge in [0.05, 0.1) is 7.11 Å². The molecule has 0 bridgehead atoms. The lowest BCUT2D eigenvalue weighted by molar-refractivity contribution is -0.141. The van der Waals surface area contributed by atoms with Gasteiger partial charge in [0, 0.05) is 12.6 Å². The summed E-state index contributed by atoms with van der Waals surface area (Å²) in [5, 5.41) is 0. The lowest BCUT2D eigenvalue weighted by atomic mass is 10.1. The summed E-state index contributed by atoms with van der Waals surface area (Å²) < 4.78 is 29.1. The average Bonchev–Trinajstić information content (AvgIpc) is 2.94. The van der Waals surface area contributed by atoms with Crippen LogP contribution in [0.1, 0.15) is 33.6 Å². The molecular weight excluding hydrogens is 230 g/mol. The van der Waals surface area contributed by atoms with Crippen LogP contribution in [0.3, 0.4) is 0 Å². The summed E-state index contributed by atoms with van der Waals surface area (Å²) in [5.74, 6) is -0.649. The molecule has 0 aliphatic heterocycles. The van der Waals surface area contributed by atoms with Crippen molar-refractivity contribution in [2.75, 3.05) is 14.2 Å². The fraction of sp³-hybridized carbons (Fsp3) is 0.900. The highest BCUT2D eigenvalue weighted by molar-refractivity contribution is 7.91. The SMILES string of the molecule is COC(=O)C1(S(=O)(=O)N(C)C(C)(C)C)CC1. The molecule has 0 heterocycles. The van der Waals surface area contributed by atoms with E-state index in [2.05, 4.69) is 4.74 Å². The van der Waals surface area contributed by atoms with Crippen molar-refractivity contribution in [3.8, 4) is 0 Å². The van der Waals surface area contributed by atoms with Crippen LogP contribution in [0.15, 0.2) is 0 Å². The van der Waals surface area contributed by atoms with Crippen molar-refractivity contribution in [3.05, 3.63) is 0 Å². The van der Waals surface area contributed by atoms with Gasteiger partial charge in [0.1, 0.15) is 0 Å². The first-order valence-electron chi connectivity index (χ1n) is 5.16. The van der Waals surface area contributed by atoms with Gasteiger partial charge in [-0.25, -0.2) is 8.42 Å². The Balaban J connectivity index is 3.09. The van der Waals surface area contributed by atoms with Crippen molar-refractivity contribution in [1.82, 2.24) is 4.31 Å². The maximum Gasteiger partial charge on any atom is 0.328 e. The molecule has 0 atom stereocenters. The zero-order chi connectivity index (χ0) is 12.8. The minimum absolute atomic E-state index is 0.350. The Morgan fingerprint density at radius 1 is 1.31 bits per heavy atom. The van der Waals surface area contributed by atoms with Gasteiger partial charge in [-0.1, -0.05) is 0 Å². The molecule has 16 heavy (non-hydrogen) atoms. The highest BCUT2D eigenvalue weighted by Crippen LogP contribution is 2.47. The Bertz CT molecular complexity index is 390. The van der Waals surface area contributed by atoms with Gasteiger partial charge in [0.15, 0.2) is 4.75 Å². The van der Waals surface area contributed by atoms with Crippen LogP contribution in [-0.4, -0.2) is 43.1 Å². The number of hydrogen-bond donors (Lipinski definition) is 0. The van der Waals surface area contributed by atoms with Gasteiger partial charge < -0.3 is 4.74 Å². The van der Waals surface area contributed by atoms with Gasteiger partial charge in [-0.05, 0) is 33.6 Å². The summed E-state index contributed by atoms with van der Waals surface area (Å²) in [6.45, 7) is 5.37. The van der Waals surface area contributed by atoms with Crippen LogP contribution >= 0.6 is 0 Å². The molecule has 0 saturated heterocycles. The fourth-order valence-corrected chi connectivity index (χ4v) is 3.65. The molecule has 1 fully saturated rings. The molecule has 94 valence electrons. The molecule has 0 radical (unpaired) electrons. The minimum Gasteiger partial charge on any atom is -0.468 e. The van der Waals surface area contributed by atoms with Crippen LogP contribution in [0.2, 0.25) is 0 Å². The molecule has 0 aromatic heterocycles. The monoisotopic (exact) mass is 249 g/mol. The average molecular weight is 249 g/mol. The zero-order valence-electron chi connectivity index (χ0n) is 10.4. The van der Waals surface area contributed by atoms with Crippen molar-refractivity contribution in [3.63, 3.8) is 0 Å². The number of esters is 1. The van der Waals surface area contributed by atoms with Crippen molar-refractivity contribution in [2.24, 2.45) is 0 Å². The molecule has 0 N–H and O–H groups in total. The van der Waals surface area contributed by atoms with Crippen molar-refractivity contribution < 1.29 is 17.9 Å². The molecule has 0 aromatic carbocycles. The third kappa shape index (κ3) is 1.84. The molecule has 1 aliphatic carbocycles. The number of rotatable bonds is 3. The van der Waals surface area contributed by atoms with Crippen LogP contribution in [0.4, 0.5) is 0 Å². The van der Waals surface area contributed by atoms with E-state index in [0.717, 1.165) is 0 Å². The summed E-state index contributed by atoms with van der Waals surface area (Å²) in [5.41, 5.74) is -0.539. The number of carbonyl (C=O) groups excluding carboxylic acids is 1. The summed E-state index contributed by atoms with van der Waals surface area (Å²) in [7, 11) is -0.922. The first kappa shape index (κ1) is 13.4. The van der Waals surface area contributed by atoms with Crippen LogP contribution in [0.25, 0.3) is 0 Å². The largest absolute Gasteiger partial charge is 0.468 e. The number of hydrogen-bond acceptors (Lipinski definition) is 4. The quantitative estimate of drug-likeness (QED) is 0.692. The van der Waals surface area contributed by atoms with Crippen molar-refractivity contribution >= 4 is 16.0 Å². The van der Waals surface area contributed by atoms with Gasteiger partial charge in [-0.2, -0.15) is 4.31 Å². The van der Waals surface area contributed by atoms with Crippen LogP contribution in [-0.2, 0) is 19.6 Å². The molecule has 1 saturated carbocycles. The predicted molar refractivity (Wildman–Crippen MR) is 60.4 cm³/mol. The summed E-state index contributed by atoms with van der Waals surface area (Å²) in [6, 6.07) is 0. The highest BCUT2D eigenvalue weighted by atomic mass is 32.2. The smallest absolute Gasteiger partial charge is 0.328 e. The Kier molecular flexibility index (Phi) is 3.11. The summed E-state index contributed by atoms with van der Waals surface area (Å²) in [4.78, 5) is 11.5. The second kappa shape index (κ2) is 3.70. The summed E-state index contributed by atoms with van der Waals surface area (Å²) in [6.07, 6.45) is 0.699. The molecule has 0 aromatic rings. The van der Waals surface area contributed by atoms with Crippen LogP contribution in [0.5, 0.6) is 0 Å². The number of carbonyl (C=O) groups is 1. The molecule has 5 nitrogen and oxygen atoms in total. The molecule has 6 heteroatoms. The van der Waals surface area contributed by atoms with E-state index in [4.69, 9.17) is 0 Å². The molecule has 0 spiro atoms. The Hall–Kier alpha value is -0.620. The van der Waals surface area contributed by atoms with Crippen molar-refractivity contribution in [2.45, 2.75) is 43.9 Å². The first-order chi connectivity index (χ1) is 7.09. The number of ether oxygens (including phenoxy) is 1. The standard InChI is InChI=1S/C10H19NO4S/c1-9(2,3)11(4)16(13,14)10(6-7-10)8(12)15-5/h6-7H2,1-5H3. The number of sulfonamides is 1. The van der Waals surface area contributed by atoms with Gasteiger partial charge in [-0.3, -0.25) is 4.79 Å². The maximum atomic E-state index is 12.3. The van der Waals surface area contributed by atoms with Gasteiger partial charge in [0.25, 0.3) is 0 Å². The van der Waals surface area contributed by atoms with E-state index in [-0.39, 0.29) is 0 Å². The third-order valence-corrected chi connectivity index (χ3v) is 5.89. The van der Waals surface area contributed by atoms with Crippen LogP contribution < -0.4 is 0 Å². The Morgan fingerprint density at radius 2 is 1.75 bits per heavy atom. The van der Waals surface area contributed by atoms with Crippen molar-refractivity contribution in [1.29, 1.82) is 0 Å². The second-order valence-electron chi connectivity index (χ2n) is 5.13. The topological polar surface area (TPSA) is 63.7 Å². The second-order valence-corrected chi connectivity index (χ2v) is 7.41. The molecule has 0 unspecified atom stereocenters. The van der Waals surface area contributed by atoms with E-state index in [0.29, 0.717) is 12.8 Å². The Labute approximate surface area is 96.8 Å². The van der Waals surface area contributed by atoms with Gasteiger partial charge >= 0.3 is 5.97 Å². The van der Waals surface area contributed by atoms with E-state index in [9.17, 15) is 13.2 Å². The van der Waals surface area contributed by atoms with Gasteiger partial charge in [-0.15, -0.1) is 0 Å². The Morgan fingerprint density at radius 3 is 2.00 bits per heavy atom.